The zero-order valence-electron chi connectivity index (χ0n) is 11.9. The fourth-order valence-corrected chi connectivity index (χ4v) is 1.08. The van der Waals surface area contributed by atoms with Crippen molar-refractivity contribution in [2.75, 3.05) is 6.54 Å². The van der Waals surface area contributed by atoms with Crippen molar-refractivity contribution in [3.8, 4) is 6.07 Å². The van der Waals surface area contributed by atoms with Gasteiger partial charge in [-0.15, -0.1) is 0 Å². The quantitative estimate of drug-likeness (QED) is 0.490. The number of aryl methyl sites for hydroxylation is 1. The van der Waals surface area contributed by atoms with Crippen molar-refractivity contribution in [3.05, 3.63) is 24.0 Å². The number of carboxylic acids is 2. The fourth-order valence-electron chi connectivity index (χ4n) is 1.08. The fraction of sp³-hybridized carbons (Fsp3) is 0.333. The van der Waals surface area contributed by atoms with E-state index in [0.717, 1.165) is 0 Å². The Labute approximate surface area is 132 Å². The average molecular weight is 349 g/mol. The van der Waals surface area contributed by atoms with Gasteiger partial charge in [0.05, 0.1) is 11.6 Å². The lowest BCUT2D eigenvalue weighted by Crippen LogP contribution is -2.39. The van der Waals surface area contributed by atoms with Gasteiger partial charge in [-0.3, -0.25) is 9.59 Å². The molecule has 3 N–H and O–H groups in total. The van der Waals surface area contributed by atoms with Gasteiger partial charge in [-0.05, 0) is 5.10 Å². The molecule has 1 aromatic rings. The largest absolute Gasteiger partial charge is 0.490 e. The Kier molecular flexibility index (Phi) is 8.41. The molecule has 0 aliphatic carbocycles. The summed E-state index contributed by atoms with van der Waals surface area (Å²) < 4.78 is 33.2. The van der Waals surface area contributed by atoms with Crippen LogP contribution in [0.25, 0.3) is 0 Å². The molecule has 0 aliphatic rings. The average Bonchev–Trinajstić information content (AvgIpc) is 2.50. The third-order valence-corrected chi connectivity index (χ3v) is 2.16. The summed E-state index contributed by atoms with van der Waals surface area (Å²) in [5.74, 6) is -4.05. The predicted octanol–water partition coefficient (Wildman–Crippen LogP) is -0.270. The van der Waals surface area contributed by atoms with E-state index < -0.39 is 18.1 Å². The first-order chi connectivity index (χ1) is 11.1. The maximum absolute atomic E-state index is 11.4. The number of nitrogens with one attached hydrogen (secondary N) is 1. The van der Waals surface area contributed by atoms with Crippen molar-refractivity contribution in [1.82, 2.24) is 10.4 Å². The number of amides is 1. The smallest absolute Gasteiger partial charge is 0.481 e. The first kappa shape index (κ1) is 20.8. The third kappa shape index (κ3) is 8.93. The van der Waals surface area contributed by atoms with E-state index in [9.17, 15) is 22.8 Å². The minimum absolute atomic E-state index is 0.0301. The number of carbonyl (C=O) groups excluding carboxylic acids is 1. The van der Waals surface area contributed by atoms with E-state index in [4.69, 9.17) is 20.3 Å². The van der Waals surface area contributed by atoms with E-state index in [-0.39, 0.29) is 25.4 Å². The second-order valence-electron chi connectivity index (χ2n) is 3.97. The van der Waals surface area contributed by atoms with Crippen LogP contribution >= 0.6 is 0 Å². The molecular formula is C12H12F3N4O5+. The van der Waals surface area contributed by atoms with Gasteiger partial charge in [0.2, 0.25) is 0 Å². The number of halogens is 3. The molecule has 24 heavy (non-hydrogen) atoms. The number of alkyl halides is 3. The molecule has 0 unspecified atom stereocenters. The summed E-state index contributed by atoms with van der Waals surface area (Å²) in [5.41, 5.74) is 0.326. The molecule has 1 aromatic heterocycles. The van der Waals surface area contributed by atoms with Crippen LogP contribution < -0.4 is 10.00 Å². The maximum Gasteiger partial charge on any atom is 0.490 e. The summed E-state index contributed by atoms with van der Waals surface area (Å²) in [6, 6.07) is 3.31. The Morgan fingerprint density at radius 2 is 1.92 bits per heavy atom. The number of aliphatic carboxylic acids is 2. The minimum atomic E-state index is -5.08. The van der Waals surface area contributed by atoms with E-state index in [1.54, 1.807) is 6.07 Å². The van der Waals surface area contributed by atoms with Gasteiger partial charge in [-0.2, -0.15) is 18.4 Å². The van der Waals surface area contributed by atoms with Crippen LogP contribution in [0.5, 0.6) is 0 Å². The highest BCUT2D eigenvalue weighted by Crippen LogP contribution is 2.13. The minimum Gasteiger partial charge on any atom is -0.481 e. The van der Waals surface area contributed by atoms with Gasteiger partial charge in [-0.1, -0.05) is 4.68 Å². The molecule has 1 heterocycles. The first-order valence-electron chi connectivity index (χ1n) is 6.10. The number of carboxylic acid groups (broad SMARTS) is 2. The highest BCUT2D eigenvalue weighted by atomic mass is 19.4. The van der Waals surface area contributed by atoms with E-state index >= 15 is 0 Å². The number of carbonyl (C=O) groups is 3. The molecule has 12 heteroatoms. The molecule has 0 bridgehead atoms. The van der Waals surface area contributed by atoms with Crippen molar-refractivity contribution in [3.63, 3.8) is 0 Å². The molecule has 0 aliphatic heterocycles. The number of rotatable bonds is 5. The molecular weight excluding hydrogens is 337 g/mol. The monoisotopic (exact) mass is 349 g/mol. The van der Waals surface area contributed by atoms with Crippen molar-refractivity contribution < 1.29 is 42.4 Å². The summed E-state index contributed by atoms with van der Waals surface area (Å²) in [5, 5.41) is 30.2. The number of hydrogen-bond donors (Lipinski definition) is 3. The Morgan fingerprint density at radius 3 is 2.29 bits per heavy atom. The third-order valence-electron chi connectivity index (χ3n) is 2.16. The lowest BCUT2D eigenvalue weighted by Gasteiger charge is -1.98. The normalized spacial score (nSPS) is 9.92. The van der Waals surface area contributed by atoms with Gasteiger partial charge in [0.25, 0.3) is 5.91 Å². The number of aromatic nitrogens is 2. The Balaban J connectivity index is 0.000000640. The van der Waals surface area contributed by atoms with E-state index in [0.29, 0.717) is 5.56 Å². The van der Waals surface area contributed by atoms with Crippen molar-refractivity contribution >= 4 is 17.8 Å². The predicted molar refractivity (Wildman–Crippen MR) is 68.3 cm³/mol. The molecule has 0 atom stereocenters. The zero-order valence-corrected chi connectivity index (χ0v) is 11.9. The van der Waals surface area contributed by atoms with E-state index in [2.05, 4.69) is 10.4 Å². The second kappa shape index (κ2) is 9.72. The van der Waals surface area contributed by atoms with Gasteiger partial charge >= 0.3 is 18.1 Å². The van der Waals surface area contributed by atoms with Crippen LogP contribution in [0.4, 0.5) is 13.2 Å². The number of hydrogen-bond acceptors (Lipinski definition) is 5. The SMILES string of the molecule is N#CCNC(=O)c1cc[n+](CCC(=O)O)nc1.O=C(O)C(F)(F)F. The molecule has 0 fully saturated rings. The molecule has 9 nitrogen and oxygen atoms in total. The summed E-state index contributed by atoms with van der Waals surface area (Å²) in [4.78, 5) is 30.6. The van der Waals surface area contributed by atoms with Crippen molar-refractivity contribution in [2.45, 2.75) is 19.1 Å². The summed E-state index contributed by atoms with van der Waals surface area (Å²) in [7, 11) is 0. The Hall–Kier alpha value is -3.23. The van der Waals surface area contributed by atoms with Crippen LogP contribution in [-0.2, 0) is 16.1 Å². The van der Waals surface area contributed by atoms with E-state index in [1.165, 1.54) is 23.1 Å². The van der Waals surface area contributed by atoms with Crippen LogP contribution in [0.3, 0.4) is 0 Å². The summed E-state index contributed by atoms with van der Waals surface area (Å²) in [6.45, 7) is 0.183. The van der Waals surface area contributed by atoms with Gasteiger partial charge in [0.1, 0.15) is 19.2 Å². The zero-order chi connectivity index (χ0) is 18.8. The maximum atomic E-state index is 11.4. The van der Waals surface area contributed by atoms with E-state index in [1.807, 2.05) is 0 Å². The second-order valence-corrected chi connectivity index (χ2v) is 3.97. The summed E-state index contributed by atoms with van der Waals surface area (Å²) >= 11 is 0. The molecule has 130 valence electrons. The highest BCUT2D eigenvalue weighted by molar-refractivity contribution is 5.93. The van der Waals surface area contributed by atoms with Crippen LogP contribution in [-0.4, -0.2) is 45.9 Å². The standard InChI is InChI=1S/C10H10N4O3.C2HF3O2/c11-3-4-12-10(17)8-1-5-14(13-7-8)6-2-9(15)16;3-2(4,5)1(6)7/h1,5,7H,2,4,6H2,(H-,12,15,16,17);(H,6,7)/p+1. The van der Waals surface area contributed by atoms with Crippen molar-refractivity contribution in [2.24, 2.45) is 0 Å². The number of nitriles is 1. The Bertz CT molecular complexity index is 625. The van der Waals surface area contributed by atoms with Crippen LogP contribution in [0.2, 0.25) is 0 Å². The van der Waals surface area contributed by atoms with Gasteiger partial charge < -0.3 is 15.5 Å². The number of nitrogens with zero attached hydrogens (tertiary/aromatic N) is 3. The topological polar surface area (TPSA) is 144 Å². The molecule has 0 aromatic carbocycles. The lowest BCUT2D eigenvalue weighted by molar-refractivity contribution is -0.753. The molecule has 0 radical (unpaired) electrons. The molecule has 0 spiro atoms. The Morgan fingerprint density at radius 1 is 1.33 bits per heavy atom. The van der Waals surface area contributed by atoms with Crippen LogP contribution in [0.1, 0.15) is 16.8 Å². The molecule has 1 rings (SSSR count). The van der Waals surface area contributed by atoms with Crippen LogP contribution in [0.15, 0.2) is 18.5 Å². The molecule has 0 saturated heterocycles. The van der Waals surface area contributed by atoms with Gasteiger partial charge in [0, 0.05) is 6.07 Å². The lowest BCUT2D eigenvalue weighted by atomic mass is 10.3. The van der Waals surface area contributed by atoms with Gasteiger partial charge in [0.15, 0.2) is 12.7 Å². The highest BCUT2D eigenvalue weighted by Gasteiger charge is 2.38. The van der Waals surface area contributed by atoms with Gasteiger partial charge in [-0.25, -0.2) is 4.79 Å². The summed E-state index contributed by atoms with van der Waals surface area (Å²) in [6.07, 6.45) is -2.27. The van der Waals surface area contributed by atoms with Crippen LogP contribution in [0, 0.1) is 11.3 Å². The van der Waals surface area contributed by atoms with Crippen molar-refractivity contribution in [1.29, 1.82) is 5.26 Å². The molecule has 0 saturated carbocycles. The molecule has 1 amide bonds. The first-order valence-corrected chi connectivity index (χ1v) is 6.10.